The van der Waals surface area contributed by atoms with Crippen LogP contribution in [0, 0.1) is 0 Å². The number of thioether (sulfide) groups is 1. The number of nitrogens with zero attached hydrogens (tertiary/aromatic N) is 2. The minimum atomic E-state index is 0.184. The zero-order chi connectivity index (χ0) is 12.2. The van der Waals surface area contributed by atoms with Crippen LogP contribution in [0.4, 0.5) is 5.82 Å². The second-order valence-corrected chi connectivity index (χ2v) is 6.06. The number of anilines is 1. The van der Waals surface area contributed by atoms with E-state index in [9.17, 15) is 0 Å². The monoisotopic (exact) mass is 259 g/mol. The molecular weight excluding hydrogens is 242 g/mol. The Labute approximate surface area is 106 Å². The highest BCUT2D eigenvalue weighted by atomic mass is 35.5. The van der Waals surface area contributed by atoms with Gasteiger partial charge in [0.05, 0.1) is 0 Å². The summed E-state index contributed by atoms with van der Waals surface area (Å²) in [7, 11) is 0. The number of aryl methyl sites for hydroxylation is 1. The van der Waals surface area contributed by atoms with Gasteiger partial charge in [0.25, 0.3) is 0 Å². The standard InChI is InChI=1S/C11H18ClN3S/c1-5-9-14-8(12)6-10(15-9)13-7-11(2,3)16-4/h6H,5,7H2,1-4H3,(H,13,14,15). The number of nitrogens with one attached hydrogen (secondary N) is 1. The molecule has 0 unspecified atom stereocenters. The van der Waals surface area contributed by atoms with Crippen LogP contribution in [0.1, 0.15) is 26.6 Å². The van der Waals surface area contributed by atoms with Crippen molar-refractivity contribution in [2.24, 2.45) is 0 Å². The van der Waals surface area contributed by atoms with Gasteiger partial charge in [-0.2, -0.15) is 11.8 Å². The highest BCUT2D eigenvalue weighted by Crippen LogP contribution is 2.21. The van der Waals surface area contributed by atoms with Crippen LogP contribution >= 0.6 is 23.4 Å². The maximum Gasteiger partial charge on any atom is 0.134 e. The molecule has 0 atom stereocenters. The predicted octanol–water partition coefficient (Wildman–Crippen LogP) is 3.25. The summed E-state index contributed by atoms with van der Waals surface area (Å²) in [6.07, 6.45) is 2.90. The molecule has 5 heteroatoms. The molecule has 90 valence electrons. The minimum Gasteiger partial charge on any atom is -0.369 e. The molecule has 0 aromatic carbocycles. The lowest BCUT2D eigenvalue weighted by molar-refractivity contribution is 0.748. The first-order chi connectivity index (χ1) is 7.46. The van der Waals surface area contributed by atoms with Gasteiger partial charge in [-0.3, -0.25) is 0 Å². The Balaban J connectivity index is 2.70. The van der Waals surface area contributed by atoms with Crippen LogP contribution in [0.25, 0.3) is 0 Å². The van der Waals surface area contributed by atoms with E-state index < -0.39 is 0 Å². The van der Waals surface area contributed by atoms with E-state index in [-0.39, 0.29) is 4.75 Å². The summed E-state index contributed by atoms with van der Waals surface area (Å²) in [5, 5.41) is 3.79. The maximum atomic E-state index is 5.92. The van der Waals surface area contributed by atoms with Gasteiger partial charge < -0.3 is 5.32 Å². The van der Waals surface area contributed by atoms with E-state index in [0.717, 1.165) is 24.6 Å². The molecule has 1 aromatic rings. The summed E-state index contributed by atoms with van der Waals surface area (Å²) in [5.41, 5.74) is 0. The van der Waals surface area contributed by atoms with Gasteiger partial charge in [0, 0.05) is 23.8 Å². The van der Waals surface area contributed by atoms with E-state index in [1.165, 1.54) is 0 Å². The Morgan fingerprint density at radius 2 is 2.12 bits per heavy atom. The second kappa shape index (κ2) is 5.73. The minimum absolute atomic E-state index is 0.184. The Morgan fingerprint density at radius 1 is 1.44 bits per heavy atom. The van der Waals surface area contributed by atoms with Crippen LogP contribution in [0.5, 0.6) is 0 Å². The summed E-state index contributed by atoms with van der Waals surface area (Å²) in [6.45, 7) is 7.24. The number of hydrogen-bond donors (Lipinski definition) is 1. The van der Waals surface area contributed by atoms with Crippen LogP contribution in [0.2, 0.25) is 5.15 Å². The zero-order valence-corrected chi connectivity index (χ0v) is 11.7. The average molecular weight is 260 g/mol. The lowest BCUT2D eigenvalue weighted by atomic mass is 10.2. The molecule has 1 heterocycles. The third-order valence-electron chi connectivity index (χ3n) is 2.31. The van der Waals surface area contributed by atoms with E-state index in [0.29, 0.717) is 5.15 Å². The smallest absolute Gasteiger partial charge is 0.134 e. The van der Waals surface area contributed by atoms with Crippen molar-refractivity contribution in [1.82, 2.24) is 9.97 Å². The molecule has 16 heavy (non-hydrogen) atoms. The zero-order valence-electron chi connectivity index (χ0n) is 10.2. The van der Waals surface area contributed by atoms with E-state index in [4.69, 9.17) is 11.6 Å². The molecule has 0 amide bonds. The first kappa shape index (κ1) is 13.6. The summed E-state index contributed by atoms with van der Waals surface area (Å²) in [5.74, 6) is 1.58. The Kier molecular flexibility index (Phi) is 4.87. The van der Waals surface area contributed by atoms with Crippen molar-refractivity contribution in [3.8, 4) is 0 Å². The third-order valence-corrected chi connectivity index (χ3v) is 3.75. The van der Waals surface area contributed by atoms with Gasteiger partial charge in [0.1, 0.15) is 16.8 Å². The Hall–Kier alpha value is -0.480. The predicted molar refractivity (Wildman–Crippen MR) is 72.5 cm³/mol. The molecule has 1 rings (SSSR count). The van der Waals surface area contributed by atoms with Crippen LogP contribution in [0.15, 0.2) is 6.07 Å². The molecule has 0 aliphatic carbocycles. The van der Waals surface area contributed by atoms with Crippen molar-refractivity contribution in [3.63, 3.8) is 0 Å². The Morgan fingerprint density at radius 3 is 2.69 bits per heavy atom. The number of halogens is 1. The van der Waals surface area contributed by atoms with Crippen molar-refractivity contribution < 1.29 is 0 Å². The van der Waals surface area contributed by atoms with Crippen LogP contribution in [-0.4, -0.2) is 27.5 Å². The molecule has 0 aliphatic rings. The second-order valence-electron chi connectivity index (χ2n) is 4.16. The molecule has 0 bridgehead atoms. The van der Waals surface area contributed by atoms with Gasteiger partial charge >= 0.3 is 0 Å². The van der Waals surface area contributed by atoms with Gasteiger partial charge in [-0.1, -0.05) is 18.5 Å². The summed E-state index contributed by atoms with van der Waals surface area (Å²) < 4.78 is 0.184. The fraction of sp³-hybridized carbons (Fsp3) is 0.636. The lowest BCUT2D eigenvalue weighted by Gasteiger charge is -2.22. The fourth-order valence-electron chi connectivity index (χ4n) is 1.09. The molecule has 0 radical (unpaired) electrons. The van der Waals surface area contributed by atoms with Crippen molar-refractivity contribution in [2.45, 2.75) is 31.9 Å². The first-order valence-electron chi connectivity index (χ1n) is 5.29. The van der Waals surface area contributed by atoms with Crippen molar-refractivity contribution >= 4 is 29.2 Å². The van der Waals surface area contributed by atoms with Gasteiger partial charge in [-0.15, -0.1) is 0 Å². The number of hydrogen-bond acceptors (Lipinski definition) is 4. The van der Waals surface area contributed by atoms with Crippen molar-refractivity contribution in [3.05, 3.63) is 17.0 Å². The lowest BCUT2D eigenvalue weighted by Crippen LogP contribution is -2.26. The van der Waals surface area contributed by atoms with E-state index in [1.807, 2.05) is 18.7 Å². The van der Waals surface area contributed by atoms with Gasteiger partial charge in [0.2, 0.25) is 0 Å². The molecule has 0 aliphatic heterocycles. The number of rotatable bonds is 5. The fourth-order valence-corrected chi connectivity index (χ4v) is 1.51. The van der Waals surface area contributed by atoms with Crippen LogP contribution < -0.4 is 5.32 Å². The SMILES string of the molecule is CCc1nc(Cl)cc(NCC(C)(C)SC)n1. The highest BCUT2D eigenvalue weighted by Gasteiger charge is 2.15. The molecule has 0 saturated carbocycles. The number of aromatic nitrogens is 2. The van der Waals surface area contributed by atoms with Gasteiger partial charge in [-0.25, -0.2) is 9.97 Å². The molecule has 1 N–H and O–H groups in total. The van der Waals surface area contributed by atoms with Crippen molar-refractivity contribution in [2.75, 3.05) is 18.1 Å². The summed E-state index contributed by atoms with van der Waals surface area (Å²) >= 11 is 7.74. The molecule has 0 fully saturated rings. The maximum absolute atomic E-state index is 5.92. The molecule has 0 spiro atoms. The van der Waals surface area contributed by atoms with Gasteiger partial charge in [0.15, 0.2) is 0 Å². The van der Waals surface area contributed by atoms with E-state index in [2.05, 4.69) is 35.4 Å². The molecule has 3 nitrogen and oxygen atoms in total. The van der Waals surface area contributed by atoms with E-state index in [1.54, 1.807) is 6.07 Å². The largest absolute Gasteiger partial charge is 0.369 e. The first-order valence-corrected chi connectivity index (χ1v) is 6.89. The highest BCUT2D eigenvalue weighted by molar-refractivity contribution is 7.99. The van der Waals surface area contributed by atoms with Crippen molar-refractivity contribution in [1.29, 1.82) is 0 Å². The van der Waals surface area contributed by atoms with Gasteiger partial charge in [-0.05, 0) is 20.1 Å². The third kappa shape index (κ3) is 4.18. The quantitative estimate of drug-likeness (QED) is 0.824. The Bertz CT molecular complexity index is 355. The molecule has 1 aromatic heterocycles. The normalized spacial score (nSPS) is 11.6. The summed E-state index contributed by atoms with van der Waals surface area (Å²) in [6, 6.07) is 1.76. The van der Waals surface area contributed by atoms with Crippen LogP contribution in [-0.2, 0) is 6.42 Å². The average Bonchev–Trinajstić information content (AvgIpc) is 2.26. The van der Waals surface area contributed by atoms with Crippen LogP contribution in [0.3, 0.4) is 0 Å². The summed E-state index contributed by atoms with van der Waals surface area (Å²) in [4.78, 5) is 8.50. The molecular formula is C11H18ClN3S. The topological polar surface area (TPSA) is 37.8 Å². The molecule has 0 saturated heterocycles. The van der Waals surface area contributed by atoms with E-state index >= 15 is 0 Å².